The fourth-order valence-electron chi connectivity index (χ4n) is 4.09. The third-order valence-electron chi connectivity index (χ3n) is 6.46. The molecule has 0 saturated carbocycles. The molecule has 0 aliphatic rings. The number of amides is 1. The molecule has 6 heteroatoms. The van der Waals surface area contributed by atoms with Crippen molar-refractivity contribution in [2.24, 2.45) is 0 Å². The van der Waals surface area contributed by atoms with Crippen LogP contribution in [0.1, 0.15) is 42.1 Å². The molecule has 0 bridgehead atoms. The molecule has 5 aromatic rings. The van der Waals surface area contributed by atoms with Crippen LogP contribution in [-0.2, 0) is 0 Å². The number of nitrogens with zero attached hydrogens (tertiary/aromatic N) is 1. The Labute approximate surface area is 221 Å². The molecule has 2 N–H and O–H groups in total. The summed E-state index contributed by atoms with van der Waals surface area (Å²) in [6.07, 6.45) is 1.08. The number of hydrogen-bond donors (Lipinski definition) is 2. The number of benzene rings is 4. The highest BCUT2D eigenvalue weighted by atomic mass is 32.1. The van der Waals surface area contributed by atoms with E-state index in [1.54, 1.807) is 12.1 Å². The Morgan fingerprint density at radius 3 is 2.27 bits per heavy atom. The van der Waals surface area contributed by atoms with Gasteiger partial charge >= 0.3 is 0 Å². The van der Waals surface area contributed by atoms with Crippen molar-refractivity contribution in [3.8, 4) is 22.6 Å². The minimum atomic E-state index is -0.267. The van der Waals surface area contributed by atoms with Crippen LogP contribution in [0.5, 0.6) is 0 Å². The van der Waals surface area contributed by atoms with Gasteiger partial charge in [-0.05, 0) is 89.8 Å². The first-order valence-electron chi connectivity index (χ1n) is 12.3. The highest BCUT2D eigenvalue weighted by molar-refractivity contribution is 7.80. The Balaban J connectivity index is 1.21. The van der Waals surface area contributed by atoms with Crippen molar-refractivity contribution in [2.75, 3.05) is 5.32 Å². The zero-order valence-corrected chi connectivity index (χ0v) is 21.5. The molecular formula is C31H27N3O2S. The van der Waals surface area contributed by atoms with Crippen LogP contribution in [0.15, 0.2) is 101 Å². The topological polar surface area (TPSA) is 67.2 Å². The zero-order valence-electron chi connectivity index (χ0n) is 20.7. The summed E-state index contributed by atoms with van der Waals surface area (Å²) in [4.78, 5) is 17.3. The normalized spacial score (nSPS) is 11.7. The molecule has 1 atom stereocenters. The average molecular weight is 506 g/mol. The van der Waals surface area contributed by atoms with E-state index < -0.39 is 0 Å². The molecule has 0 aliphatic carbocycles. The van der Waals surface area contributed by atoms with Crippen molar-refractivity contribution >= 4 is 40.0 Å². The summed E-state index contributed by atoms with van der Waals surface area (Å²) in [6.45, 7) is 4.39. The summed E-state index contributed by atoms with van der Waals surface area (Å²) in [5.41, 5.74) is 7.19. The molecule has 4 aromatic carbocycles. The van der Waals surface area contributed by atoms with Gasteiger partial charge in [0, 0.05) is 16.8 Å². The number of anilines is 1. The van der Waals surface area contributed by atoms with E-state index in [4.69, 9.17) is 16.6 Å². The van der Waals surface area contributed by atoms with Gasteiger partial charge in [0.05, 0.1) is 0 Å². The quantitative estimate of drug-likeness (QED) is 0.230. The van der Waals surface area contributed by atoms with E-state index in [2.05, 4.69) is 41.6 Å². The second-order valence-electron chi connectivity index (χ2n) is 8.98. The first-order chi connectivity index (χ1) is 18.0. The standard InChI is InChI=1S/C31H27N3O2S/c1-3-20(2)25-15-18-28-27(19-25)33-30(36-28)24-13-16-26(17-14-24)32-31(37)34-29(35)23-11-9-22(10-12-23)21-7-5-4-6-8-21/h4-20H,3H2,1-2H3,(H2,32,34,35,37)/t20-/m0/s1. The predicted molar refractivity (Wildman–Crippen MR) is 154 cm³/mol. The van der Waals surface area contributed by atoms with E-state index in [0.717, 1.165) is 39.9 Å². The van der Waals surface area contributed by atoms with Crippen LogP contribution in [-0.4, -0.2) is 16.0 Å². The monoisotopic (exact) mass is 505 g/mol. The van der Waals surface area contributed by atoms with Crippen LogP contribution < -0.4 is 10.6 Å². The van der Waals surface area contributed by atoms with E-state index in [-0.39, 0.29) is 11.0 Å². The second-order valence-corrected chi connectivity index (χ2v) is 9.39. The average Bonchev–Trinajstić information content (AvgIpc) is 3.37. The molecule has 184 valence electrons. The summed E-state index contributed by atoms with van der Waals surface area (Å²) < 4.78 is 5.97. The summed E-state index contributed by atoms with van der Waals surface area (Å²) in [7, 11) is 0. The van der Waals surface area contributed by atoms with Crippen molar-refractivity contribution in [1.29, 1.82) is 0 Å². The van der Waals surface area contributed by atoms with Gasteiger partial charge in [0.25, 0.3) is 5.91 Å². The van der Waals surface area contributed by atoms with Crippen molar-refractivity contribution < 1.29 is 9.21 Å². The SMILES string of the molecule is CC[C@H](C)c1ccc2oc(-c3ccc(NC(=S)NC(=O)c4ccc(-c5ccccc5)cc4)cc3)nc2c1. The molecule has 5 nitrogen and oxygen atoms in total. The predicted octanol–water partition coefficient (Wildman–Crippen LogP) is 7.80. The van der Waals surface area contributed by atoms with E-state index in [1.165, 1.54) is 5.56 Å². The fraction of sp³-hybridized carbons (Fsp3) is 0.129. The number of aromatic nitrogens is 1. The van der Waals surface area contributed by atoms with Crippen LogP contribution in [0.25, 0.3) is 33.7 Å². The Morgan fingerprint density at radius 1 is 0.892 bits per heavy atom. The summed E-state index contributed by atoms with van der Waals surface area (Å²) in [5, 5.41) is 6.02. The van der Waals surface area contributed by atoms with Gasteiger partial charge in [-0.15, -0.1) is 0 Å². The van der Waals surface area contributed by atoms with Gasteiger partial charge in [0.1, 0.15) is 5.52 Å². The van der Waals surface area contributed by atoms with Gasteiger partial charge in [-0.2, -0.15) is 0 Å². The van der Waals surface area contributed by atoms with Crippen LogP contribution in [0.2, 0.25) is 0 Å². The Morgan fingerprint density at radius 2 is 1.57 bits per heavy atom. The molecule has 0 unspecified atom stereocenters. The van der Waals surface area contributed by atoms with Crippen molar-refractivity contribution in [2.45, 2.75) is 26.2 Å². The number of carbonyl (C=O) groups excluding carboxylic acids is 1. The van der Waals surface area contributed by atoms with Gasteiger partial charge in [0.2, 0.25) is 5.89 Å². The molecule has 0 aliphatic heterocycles. The van der Waals surface area contributed by atoms with Gasteiger partial charge in [-0.3, -0.25) is 10.1 Å². The number of carbonyl (C=O) groups is 1. The lowest BCUT2D eigenvalue weighted by Crippen LogP contribution is -2.34. The molecule has 5 rings (SSSR count). The van der Waals surface area contributed by atoms with Crippen LogP contribution in [0.4, 0.5) is 5.69 Å². The smallest absolute Gasteiger partial charge is 0.257 e. The summed E-state index contributed by atoms with van der Waals surface area (Å²) in [6, 6.07) is 31.2. The number of fused-ring (bicyclic) bond motifs is 1. The first kappa shape index (κ1) is 24.4. The third-order valence-corrected chi connectivity index (χ3v) is 6.67. The Bertz CT molecular complexity index is 1540. The van der Waals surface area contributed by atoms with Gasteiger partial charge in [-0.25, -0.2) is 4.98 Å². The number of hydrogen-bond acceptors (Lipinski definition) is 4. The lowest BCUT2D eigenvalue weighted by Gasteiger charge is -2.10. The van der Waals surface area contributed by atoms with E-state index in [9.17, 15) is 4.79 Å². The third kappa shape index (κ3) is 5.60. The molecule has 0 fully saturated rings. The van der Waals surface area contributed by atoms with Crippen LogP contribution in [0, 0.1) is 0 Å². The number of thiocarbonyl (C=S) groups is 1. The highest BCUT2D eigenvalue weighted by Crippen LogP contribution is 2.28. The lowest BCUT2D eigenvalue weighted by atomic mass is 9.98. The largest absolute Gasteiger partial charge is 0.436 e. The molecule has 37 heavy (non-hydrogen) atoms. The molecule has 0 saturated heterocycles. The summed E-state index contributed by atoms with van der Waals surface area (Å²) >= 11 is 5.35. The maximum Gasteiger partial charge on any atom is 0.257 e. The molecule has 0 spiro atoms. The maximum atomic E-state index is 12.6. The molecular weight excluding hydrogens is 478 g/mol. The zero-order chi connectivity index (χ0) is 25.8. The minimum absolute atomic E-state index is 0.226. The fourth-order valence-corrected chi connectivity index (χ4v) is 4.30. The molecule has 0 radical (unpaired) electrons. The minimum Gasteiger partial charge on any atom is -0.436 e. The van der Waals surface area contributed by atoms with E-state index in [0.29, 0.717) is 17.4 Å². The highest BCUT2D eigenvalue weighted by Gasteiger charge is 2.12. The van der Waals surface area contributed by atoms with Crippen molar-refractivity contribution in [1.82, 2.24) is 10.3 Å². The number of nitrogens with one attached hydrogen (secondary N) is 2. The molecule has 1 aromatic heterocycles. The van der Waals surface area contributed by atoms with Gasteiger partial charge in [-0.1, -0.05) is 62.4 Å². The van der Waals surface area contributed by atoms with E-state index >= 15 is 0 Å². The lowest BCUT2D eigenvalue weighted by molar-refractivity contribution is 0.0977. The number of oxazole rings is 1. The van der Waals surface area contributed by atoms with Crippen LogP contribution in [0.3, 0.4) is 0 Å². The first-order valence-corrected chi connectivity index (χ1v) is 12.7. The molecule has 1 heterocycles. The van der Waals surface area contributed by atoms with Gasteiger partial charge in [0.15, 0.2) is 10.7 Å². The number of rotatable bonds is 6. The summed E-state index contributed by atoms with van der Waals surface area (Å²) in [5.74, 6) is 0.780. The van der Waals surface area contributed by atoms with E-state index in [1.807, 2.05) is 72.8 Å². The van der Waals surface area contributed by atoms with Crippen molar-refractivity contribution in [3.05, 3.63) is 108 Å². The second kappa shape index (κ2) is 10.8. The van der Waals surface area contributed by atoms with Crippen molar-refractivity contribution in [3.63, 3.8) is 0 Å². The Kier molecular flexibility index (Phi) is 7.10. The Hall–Kier alpha value is -4.29. The maximum absolute atomic E-state index is 12.6. The molecule has 1 amide bonds. The van der Waals surface area contributed by atoms with Crippen LogP contribution >= 0.6 is 12.2 Å². The van der Waals surface area contributed by atoms with Gasteiger partial charge < -0.3 is 9.73 Å².